The monoisotopic (exact) mass is 603 g/mol. The second-order valence-electron chi connectivity index (χ2n) is 10.5. The van der Waals surface area contributed by atoms with Gasteiger partial charge in [-0.1, -0.05) is 60.2 Å². The van der Waals surface area contributed by atoms with Gasteiger partial charge in [0, 0.05) is 18.0 Å². The Kier molecular flexibility index (Phi) is 8.32. The summed E-state index contributed by atoms with van der Waals surface area (Å²) in [4.78, 5) is 42.0. The number of carbonyl (C=O) groups is 3. The molecular formula is C33H30FNO7S. The van der Waals surface area contributed by atoms with Crippen LogP contribution < -0.4 is 0 Å². The van der Waals surface area contributed by atoms with Gasteiger partial charge in [0.05, 0.1) is 36.8 Å². The van der Waals surface area contributed by atoms with Gasteiger partial charge in [0.25, 0.3) is 0 Å². The maximum atomic E-state index is 14.2. The van der Waals surface area contributed by atoms with E-state index in [4.69, 9.17) is 9.47 Å². The molecular weight excluding hydrogens is 573 g/mol. The van der Waals surface area contributed by atoms with Crippen molar-refractivity contribution < 1.29 is 36.7 Å². The fourth-order valence-corrected chi connectivity index (χ4v) is 7.38. The summed E-state index contributed by atoms with van der Waals surface area (Å²) in [5.41, 5.74) is 2.81. The Bertz CT molecular complexity index is 1740. The van der Waals surface area contributed by atoms with Crippen molar-refractivity contribution in [2.75, 3.05) is 14.2 Å². The number of aryl methyl sites for hydroxylation is 1. The van der Waals surface area contributed by atoms with Crippen LogP contribution in [-0.2, 0) is 40.2 Å². The third-order valence-electron chi connectivity index (χ3n) is 7.90. The lowest BCUT2D eigenvalue weighted by Gasteiger charge is -2.42. The van der Waals surface area contributed by atoms with E-state index in [0.717, 1.165) is 11.1 Å². The van der Waals surface area contributed by atoms with E-state index in [1.807, 2.05) is 25.1 Å². The minimum absolute atomic E-state index is 0.00622. The lowest BCUT2D eigenvalue weighted by atomic mass is 9.73. The molecule has 0 saturated heterocycles. The minimum atomic E-state index is -4.20. The number of carbonyl (C=O) groups excluding carboxylic acids is 3. The average Bonchev–Trinajstić information content (AvgIpc) is 3.01. The normalized spacial score (nSPS) is 18.8. The van der Waals surface area contributed by atoms with Crippen LogP contribution in [0.1, 0.15) is 35.4 Å². The first kappa shape index (κ1) is 29.9. The number of ether oxygens (including phenoxy) is 2. The largest absolute Gasteiger partial charge is 0.466 e. The van der Waals surface area contributed by atoms with Crippen molar-refractivity contribution in [3.05, 3.63) is 124 Å². The molecule has 0 fully saturated rings. The molecule has 1 amide bonds. The van der Waals surface area contributed by atoms with Crippen LogP contribution >= 0.6 is 0 Å². The fraction of sp³-hybridized carbons (Fsp3) is 0.242. The van der Waals surface area contributed by atoms with Gasteiger partial charge in [0.2, 0.25) is 5.91 Å². The van der Waals surface area contributed by atoms with E-state index in [0.29, 0.717) is 16.8 Å². The molecule has 222 valence electrons. The zero-order valence-electron chi connectivity index (χ0n) is 23.9. The lowest BCUT2D eigenvalue weighted by Crippen LogP contribution is -2.48. The summed E-state index contributed by atoms with van der Waals surface area (Å²) in [6.07, 6.45) is -0.410. The number of halogens is 1. The number of nitrogens with zero attached hydrogens (tertiary/aromatic N) is 1. The summed E-state index contributed by atoms with van der Waals surface area (Å²) in [5, 5.41) is -1.51. The number of hydrogen-bond donors (Lipinski definition) is 0. The Morgan fingerprint density at radius 1 is 0.907 bits per heavy atom. The molecule has 2 unspecified atom stereocenters. The fourth-order valence-electron chi connectivity index (χ4n) is 5.74. The highest BCUT2D eigenvalue weighted by molar-refractivity contribution is 7.92. The molecule has 10 heteroatoms. The SMILES string of the molecule is COC(=O)C1=C(C(=O)OC)C(c2ccc(F)cc2)C2=C(C1)N(Cc1ccccc1)C(=O)C(S(=O)(=O)c1ccc(C)cc1)C2. The highest BCUT2D eigenvalue weighted by Crippen LogP contribution is 2.49. The van der Waals surface area contributed by atoms with Gasteiger partial charge in [0.1, 0.15) is 11.1 Å². The van der Waals surface area contributed by atoms with Crippen LogP contribution in [0.3, 0.4) is 0 Å². The Morgan fingerprint density at radius 2 is 1.53 bits per heavy atom. The summed E-state index contributed by atoms with van der Waals surface area (Å²) in [6, 6.07) is 20.7. The van der Waals surface area contributed by atoms with Crippen LogP contribution in [0.2, 0.25) is 0 Å². The topological polar surface area (TPSA) is 107 Å². The van der Waals surface area contributed by atoms with Gasteiger partial charge >= 0.3 is 11.9 Å². The van der Waals surface area contributed by atoms with E-state index in [9.17, 15) is 27.2 Å². The third kappa shape index (κ3) is 5.62. The van der Waals surface area contributed by atoms with Gasteiger partial charge in [-0.2, -0.15) is 0 Å². The number of methoxy groups -OCH3 is 2. The van der Waals surface area contributed by atoms with E-state index in [1.165, 1.54) is 55.5 Å². The Hall–Kier alpha value is -4.57. The van der Waals surface area contributed by atoms with Crippen LogP contribution in [0.4, 0.5) is 4.39 Å². The third-order valence-corrected chi connectivity index (χ3v) is 9.94. The molecule has 5 rings (SSSR count). The molecule has 0 radical (unpaired) electrons. The molecule has 1 heterocycles. The standard InChI is InChI=1S/C33H30FNO7S/c1-20-9-15-24(16-10-20)43(39,40)28-18-25-27(35(31(28)36)19-21-7-5-4-6-8-21)17-26(32(37)41-2)30(33(38)42-3)29(25)22-11-13-23(34)14-12-22/h4-16,28-29H,17-19H2,1-3H3. The van der Waals surface area contributed by atoms with Gasteiger partial charge in [-0.05, 0) is 54.3 Å². The molecule has 0 bridgehead atoms. The van der Waals surface area contributed by atoms with Crippen molar-refractivity contribution in [2.24, 2.45) is 0 Å². The van der Waals surface area contributed by atoms with Crippen molar-refractivity contribution in [1.29, 1.82) is 0 Å². The molecule has 3 aromatic rings. The van der Waals surface area contributed by atoms with Crippen LogP contribution in [0.15, 0.2) is 106 Å². The van der Waals surface area contributed by atoms with Crippen molar-refractivity contribution in [2.45, 2.75) is 42.4 Å². The molecule has 2 atom stereocenters. The van der Waals surface area contributed by atoms with Crippen molar-refractivity contribution in [3.8, 4) is 0 Å². The number of esters is 2. The Morgan fingerprint density at radius 3 is 2.14 bits per heavy atom. The maximum absolute atomic E-state index is 14.2. The van der Waals surface area contributed by atoms with Gasteiger partial charge in [-0.3, -0.25) is 4.79 Å². The van der Waals surface area contributed by atoms with Gasteiger partial charge in [-0.15, -0.1) is 0 Å². The first-order valence-corrected chi connectivity index (χ1v) is 15.1. The van der Waals surface area contributed by atoms with Gasteiger partial charge < -0.3 is 14.4 Å². The molecule has 0 saturated carbocycles. The number of sulfone groups is 1. The molecule has 0 aromatic heterocycles. The number of hydrogen-bond acceptors (Lipinski definition) is 7. The predicted molar refractivity (Wildman–Crippen MR) is 156 cm³/mol. The van der Waals surface area contributed by atoms with Gasteiger partial charge in [0.15, 0.2) is 9.84 Å². The van der Waals surface area contributed by atoms with E-state index < -0.39 is 44.7 Å². The van der Waals surface area contributed by atoms with E-state index in [1.54, 1.807) is 24.3 Å². The highest BCUT2D eigenvalue weighted by Gasteiger charge is 2.49. The highest BCUT2D eigenvalue weighted by atomic mass is 32.2. The molecule has 1 aliphatic carbocycles. The second kappa shape index (κ2) is 12.0. The van der Waals surface area contributed by atoms with Crippen molar-refractivity contribution >= 4 is 27.7 Å². The van der Waals surface area contributed by atoms with Crippen LogP contribution in [0.5, 0.6) is 0 Å². The van der Waals surface area contributed by atoms with Gasteiger partial charge in [-0.25, -0.2) is 22.4 Å². The van der Waals surface area contributed by atoms with E-state index in [-0.39, 0.29) is 35.4 Å². The zero-order chi connectivity index (χ0) is 30.9. The molecule has 0 spiro atoms. The molecule has 8 nitrogen and oxygen atoms in total. The minimum Gasteiger partial charge on any atom is -0.466 e. The summed E-state index contributed by atoms with van der Waals surface area (Å²) in [5.74, 6) is -3.78. The molecule has 1 aliphatic heterocycles. The Balaban J connectivity index is 1.76. The van der Waals surface area contributed by atoms with Crippen molar-refractivity contribution in [1.82, 2.24) is 4.90 Å². The summed E-state index contributed by atoms with van der Waals surface area (Å²) < 4.78 is 52.3. The molecule has 43 heavy (non-hydrogen) atoms. The van der Waals surface area contributed by atoms with E-state index in [2.05, 4.69) is 0 Å². The first-order valence-electron chi connectivity index (χ1n) is 13.6. The average molecular weight is 604 g/mol. The number of allylic oxidation sites excluding steroid dienone is 2. The zero-order valence-corrected chi connectivity index (χ0v) is 24.7. The number of rotatable bonds is 7. The van der Waals surface area contributed by atoms with Crippen molar-refractivity contribution in [3.63, 3.8) is 0 Å². The molecule has 0 N–H and O–H groups in total. The smallest absolute Gasteiger partial charge is 0.335 e. The predicted octanol–water partition coefficient (Wildman–Crippen LogP) is 4.79. The number of benzene rings is 3. The summed E-state index contributed by atoms with van der Waals surface area (Å²) in [6.45, 7) is 1.85. The first-order chi connectivity index (χ1) is 20.6. The lowest BCUT2D eigenvalue weighted by molar-refractivity contribution is -0.140. The van der Waals surface area contributed by atoms with Crippen LogP contribution in [0, 0.1) is 12.7 Å². The van der Waals surface area contributed by atoms with E-state index >= 15 is 0 Å². The quantitative estimate of drug-likeness (QED) is 0.358. The molecule has 3 aromatic carbocycles. The maximum Gasteiger partial charge on any atom is 0.335 e. The molecule has 2 aliphatic rings. The van der Waals surface area contributed by atoms with Crippen LogP contribution in [0.25, 0.3) is 0 Å². The number of amides is 1. The summed E-state index contributed by atoms with van der Waals surface area (Å²) in [7, 11) is -1.85. The Labute approximate surface area is 249 Å². The summed E-state index contributed by atoms with van der Waals surface area (Å²) >= 11 is 0. The van der Waals surface area contributed by atoms with Crippen LogP contribution in [-0.4, -0.2) is 50.6 Å². The second-order valence-corrected chi connectivity index (χ2v) is 12.6.